The maximum absolute atomic E-state index is 10.8. The summed E-state index contributed by atoms with van der Waals surface area (Å²) < 4.78 is 0. The van der Waals surface area contributed by atoms with E-state index in [9.17, 15) is 10.4 Å². The summed E-state index contributed by atoms with van der Waals surface area (Å²) in [5.74, 6) is 0.0458. The Bertz CT molecular complexity index is 1320. The minimum absolute atomic E-state index is 0.0458. The van der Waals surface area contributed by atoms with Crippen LogP contribution in [0.5, 0.6) is 5.88 Å². The molecule has 0 radical (unpaired) electrons. The maximum atomic E-state index is 10.8. The Balaban J connectivity index is 1.54. The van der Waals surface area contributed by atoms with Crippen LogP contribution in [-0.2, 0) is 6.54 Å². The van der Waals surface area contributed by atoms with Gasteiger partial charge in [0.25, 0.3) is 0 Å². The van der Waals surface area contributed by atoms with E-state index in [0.717, 1.165) is 23.2 Å². The van der Waals surface area contributed by atoms with Gasteiger partial charge >= 0.3 is 0 Å². The zero-order chi connectivity index (χ0) is 22.6. The zero-order valence-electron chi connectivity index (χ0n) is 18.5. The van der Waals surface area contributed by atoms with E-state index in [4.69, 9.17) is 4.99 Å². The van der Waals surface area contributed by atoms with Crippen LogP contribution >= 0.6 is 0 Å². The van der Waals surface area contributed by atoms with Crippen molar-refractivity contribution in [2.75, 3.05) is 13.1 Å². The average molecular weight is 435 g/mol. The highest BCUT2D eigenvalue weighted by atomic mass is 16.3. The Hall–Kier alpha value is -3.88. The summed E-state index contributed by atoms with van der Waals surface area (Å²) in [6.45, 7) is 3.32. The first kappa shape index (κ1) is 21.0. The summed E-state index contributed by atoms with van der Waals surface area (Å²) in [4.78, 5) is 10.5. The van der Waals surface area contributed by atoms with Gasteiger partial charge in [0.2, 0.25) is 0 Å². The number of rotatable bonds is 5. The van der Waals surface area contributed by atoms with Gasteiger partial charge in [-0.2, -0.15) is 5.26 Å². The quantitative estimate of drug-likeness (QED) is 0.384. The molecule has 1 aliphatic heterocycles. The molecule has 0 spiro atoms. The number of nitrogens with zero attached hydrogens (tertiary/aromatic N) is 3. The number of hydrogen-bond donors (Lipinski definition) is 2. The van der Waals surface area contributed by atoms with E-state index in [-0.39, 0.29) is 5.88 Å². The minimum Gasteiger partial charge on any atom is -0.494 e. The predicted octanol–water partition coefficient (Wildman–Crippen LogP) is 5.90. The molecule has 5 rings (SSSR count). The zero-order valence-corrected chi connectivity index (χ0v) is 18.5. The molecule has 0 bridgehead atoms. The Morgan fingerprint density at radius 1 is 0.970 bits per heavy atom. The second-order valence-electron chi connectivity index (χ2n) is 8.55. The van der Waals surface area contributed by atoms with Crippen molar-refractivity contribution in [3.63, 3.8) is 0 Å². The lowest BCUT2D eigenvalue weighted by molar-refractivity contribution is 0.221. The Morgan fingerprint density at radius 3 is 2.45 bits per heavy atom. The number of likely N-dealkylation sites (tertiary alicyclic amines) is 1. The van der Waals surface area contributed by atoms with E-state index in [2.05, 4.69) is 28.1 Å². The highest BCUT2D eigenvalue weighted by Crippen LogP contribution is 2.32. The van der Waals surface area contributed by atoms with Crippen molar-refractivity contribution in [1.82, 2.24) is 9.88 Å². The topological polar surface area (TPSA) is 75.4 Å². The maximum Gasteiger partial charge on any atom is 0.199 e. The van der Waals surface area contributed by atoms with Gasteiger partial charge in [-0.25, -0.2) is 4.99 Å². The number of aromatic hydroxyl groups is 1. The third-order valence-electron chi connectivity index (χ3n) is 6.22. The smallest absolute Gasteiger partial charge is 0.199 e. The average Bonchev–Trinajstić information content (AvgIpc) is 3.19. The van der Waals surface area contributed by atoms with Crippen molar-refractivity contribution in [2.45, 2.75) is 25.8 Å². The van der Waals surface area contributed by atoms with E-state index >= 15 is 0 Å². The fraction of sp³-hybridized carbons (Fsp3) is 0.214. The molecule has 3 aromatic carbocycles. The van der Waals surface area contributed by atoms with Crippen molar-refractivity contribution >= 4 is 22.3 Å². The summed E-state index contributed by atoms with van der Waals surface area (Å²) >= 11 is 0. The van der Waals surface area contributed by atoms with Gasteiger partial charge in [0.05, 0.1) is 34.1 Å². The van der Waals surface area contributed by atoms with Crippen LogP contribution in [0.15, 0.2) is 77.8 Å². The number of aromatic nitrogens is 1. The fourth-order valence-electron chi connectivity index (χ4n) is 4.53. The fourth-order valence-corrected chi connectivity index (χ4v) is 4.53. The van der Waals surface area contributed by atoms with E-state index in [1.54, 1.807) is 12.1 Å². The van der Waals surface area contributed by atoms with Crippen LogP contribution in [0.1, 0.15) is 41.5 Å². The molecule has 1 aliphatic rings. The van der Waals surface area contributed by atoms with Gasteiger partial charge in [0, 0.05) is 17.5 Å². The number of benzene rings is 3. The van der Waals surface area contributed by atoms with Crippen LogP contribution in [0.3, 0.4) is 0 Å². The van der Waals surface area contributed by atoms with Crippen molar-refractivity contribution in [3.05, 3.63) is 95.1 Å². The number of fused-ring (bicyclic) bond motifs is 1. The molecule has 1 aromatic heterocycles. The Labute approximate surface area is 193 Å². The second kappa shape index (κ2) is 9.32. The van der Waals surface area contributed by atoms with Gasteiger partial charge in [0.1, 0.15) is 0 Å². The van der Waals surface area contributed by atoms with E-state index in [1.807, 2.05) is 48.5 Å². The first-order chi connectivity index (χ1) is 16.2. The van der Waals surface area contributed by atoms with Crippen LogP contribution in [0.25, 0.3) is 10.9 Å². The molecule has 0 aliphatic carbocycles. The number of nitrogens with one attached hydrogen (secondary N) is 1. The third kappa shape index (κ3) is 4.52. The number of aliphatic imine (C=N–C) groups is 1. The van der Waals surface area contributed by atoms with Crippen molar-refractivity contribution in [2.24, 2.45) is 4.99 Å². The third-order valence-corrected chi connectivity index (χ3v) is 6.22. The van der Waals surface area contributed by atoms with Gasteiger partial charge in [-0.05, 0) is 55.8 Å². The summed E-state index contributed by atoms with van der Waals surface area (Å²) in [5, 5.41) is 20.9. The van der Waals surface area contributed by atoms with Crippen LogP contribution < -0.4 is 0 Å². The molecule has 2 N–H and O–H groups in total. The lowest BCUT2D eigenvalue weighted by Crippen LogP contribution is -2.28. The van der Waals surface area contributed by atoms with Gasteiger partial charge in [0.15, 0.2) is 5.88 Å². The van der Waals surface area contributed by atoms with Crippen LogP contribution in [0.2, 0.25) is 0 Å². The Kier molecular flexibility index (Phi) is 5.93. The highest BCUT2D eigenvalue weighted by molar-refractivity contribution is 6.21. The van der Waals surface area contributed by atoms with Crippen LogP contribution in [0.4, 0.5) is 5.69 Å². The van der Waals surface area contributed by atoms with Crippen molar-refractivity contribution in [1.29, 1.82) is 5.26 Å². The van der Waals surface area contributed by atoms with E-state index < -0.39 is 0 Å². The van der Waals surface area contributed by atoms with E-state index in [0.29, 0.717) is 22.4 Å². The molecule has 33 heavy (non-hydrogen) atoms. The second-order valence-corrected chi connectivity index (χ2v) is 8.55. The molecule has 164 valence electrons. The molecule has 0 unspecified atom stereocenters. The summed E-state index contributed by atoms with van der Waals surface area (Å²) in [6.07, 6.45) is 3.91. The molecular formula is C28H26N4O. The lowest BCUT2D eigenvalue weighted by Gasteiger charge is -2.26. The molecule has 1 fully saturated rings. The standard InChI is InChI=1S/C28H26N4O/c29-18-21-11-14-24-25(17-21)31-28(33)26(24)27(22-7-3-1-4-8-22)30-23-12-9-20(10-13-23)19-32-15-5-2-6-16-32/h1,3-4,7-14,17,31,33H,2,5-6,15-16,19H2. The first-order valence-electron chi connectivity index (χ1n) is 11.4. The molecule has 1 saturated heterocycles. The normalized spacial score (nSPS) is 14.9. The van der Waals surface area contributed by atoms with E-state index in [1.165, 1.54) is 37.9 Å². The summed E-state index contributed by atoms with van der Waals surface area (Å²) in [6, 6.07) is 25.8. The minimum atomic E-state index is 0.0458. The largest absolute Gasteiger partial charge is 0.494 e. The van der Waals surface area contributed by atoms with Crippen LogP contribution in [0, 0.1) is 11.3 Å². The predicted molar refractivity (Wildman–Crippen MR) is 132 cm³/mol. The molecule has 5 heteroatoms. The molecule has 5 nitrogen and oxygen atoms in total. The van der Waals surface area contributed by atoms with Crippen LogP contribution in [-0.4, -0.2) is 33.8 Å². The lowest BCUT2D eigenvalue weighted by atomic mass is 10.00. The first-order valence-corrected chi connectivity index (χ1v) is 11.4. The van der Waals surface area contributed by atoms with Gasteiger partial charge in [-0.15, -0.1) is 0 Å². The highest BCUT2D eigenvalue weighted by Gasteiger charge is 2.19. The summed E-state index contributed by atoms with van der Waals surface area (Å²) in [5.41, 5.74) is 5.61. The number of aromatic amines is 1. The molecular weight excluding hydrogens is 408 g/mol. The van der Waals surface area contributed by atoms with Gasteiger partial charge in [-0.3, -0.25) is 4.90 Å². The van der Waals surface area contributed by atoms with Gasteiger partial charge in [-0.1, -0.05) is 55.0 Å². The van der Waals surface area contributed by atoms with Crippen molar-refractivity contribution < 1.29 is 5.11 Å². The monoisotopic (exact) mass is 434 g/mol. The molecule has 0 atom stereocenters. The number of piperidine rings is 1. The summed E-state index contributed by atoms with van der Waals surface area (Å²) in [7, 11) is 0. The number of hydrogen-bond acceptors (Lipinski definition) is 4. The van der Waals surface area contributed by atoms with Crippen molar-refractivity contribution in [3.8, 4) is 11.9 Å². The molecule has 4 aromatic rings. The number of H-pyrrole nitrogens is 1. The Morgan fingerprint density at radius 2 is 1.73 bits per heavy atom. The van der Waals surface area contributed by atoms with Gasteiger partial charge < -0.3 is 10.1 Å². The molecule has 0 saturated carbocycles. The molecule has 2 heterocycles. The SMILES string of the molecule is N#Cc1ccc2c(C(=Nc3ccc(CN4CCCCC4)cc3)c3ccccc3)c(O)[nH]c2c1. The number of nitriles is 1. The molecule has 0 amide bonds.